The minimum absolute atomic E-state index is 0.0185. The van der Waals surface area contributed by atoms with Gasteiger partial charge in [-0.3, -0.25) is 9.18 Å². The molecule has 0 spiro atoms. The van der Waals surface area contributed by atoms with Crippen LogP contribution < -0.4 is 0 Å². The molecular weight excluding hydrogens is 301 g/mol. The minimum Gasteiger partial charge on any atom is -0.287 e. The van der Waals surface area contributed by atoms with Crippen LogP contribution in [0.15, 0.2) is 0 Å². The van der Waals surface area contributed by atoms with Crippen molar-refractivity contribution < 1.29 is 35.5 Å². The second kappa shape index (κ2) is 6.81. The number of carbonyl (C=O) groups is 1. The molecule has 0 saturated carbocycles. The van der Waals surface area contributed by atoms with Crippen LogP contribution in [0.25, 0.3) is 0 Å². The molecule has 0 unspecified atom stereocenters. The van der Waals surface area contributed by atoms with Gasteiger partial charge in [0.2, 0.25) is 0 Å². The zero-order valence-corrected chi connectivity index (χ0v) is 10.8. The molecule has 0 heterocycles. The zero-order valence-electron chi connectivity index (χ0n) is 10.00. The summed E-state index contributed by atoms with van der Waals surface area (Å²) in [6, 6.07) is 0. The number of rotatable bonds is 8. The van der Waals surface area contributed by atoms with Crippen molar-refractivity contribution in [3.05, 3.63) is 0 Å². The molecule has 0 aromatic carbocycles. The fourth-order valence-electron chi connectivity index (χ4n) is 1.10. The van der Waals surface area contributed by atoms with Crippen LogP contribution in [-0.4, -0.2) is 35.3 Å². The molecule has 0 radical (unpaired) electrons. The maximum atomic E-state index is 13.1. The minimum atomic E-state index is -5.65. The quantitative estimate of drug-likeness (QED) is 0.621. The molecule has 9 heteroatoms. The Labute approximate surface area is 109 Å². The summed E-state index contributed by atoms with van der Waals surface area (Å²) in [6.45, 7) is -0.390. The molecule has 19 heavy (non-hydrogen) atoms. The summed E-state index contributed by atoms with van der Waals surface area (Å²) in [7, 11) is 0. The van der Waals surface area contributed by atoms with E-state index in [2.05, 4.69) is 0 Å². The van der Waals surface area contributed by atoms with Gasteiger partial charge in [-0.1, -0.05) is 18.7 Å². The number of hydrogen-bond donors (Lipinski definition) is 0. The number of carbonyl (C=O) groups excluding carboxylic acids is 1. The van der Waals surface area contributed by atoms with Crippen LogP contribution in [0.5, 0.6) is 0 Å². The smallest absolute Gasteiger partial charge is 0.287 e. The van der Waals surface area contributed by atoms with Gasteiger partial charge in [-0.15, -0.1) is 0 Å². The Morgan fingerprint density at radius 3 is 1.89 bits per heavy atom. The summed E-state index contributed by atoms with van der Waals surface area (Å²) in [5.74, 6) is -16.5. The molecule has 0 aliphatic carbocycles. The van der Waals surface area contributed by atoms with Crippen LogP contribution in [0.2, 0.25) is 0 Å². The van der Waals surface area contributed by atoms with E-state index in [9.17, 15) is 35.5 Å². The van der Waals surface area contributed by atoms with E-state index in [-0.39, 0.29) is 6.42 Å². The SMILES string of the molecule is CCC(=O)SCCC(F)(F)C(F)(F)C(F)(F)CCF. The third-order valence-corrected chi connectivity index (χ3v) is 3.31. The lowest BCUT2D eigenvalue weighted by Gasteiger charge is -2.32. The molecular formula is C10H13F7OS. The Bertz CT molecular complexity index is 306. The fourth-order valence-corrected chi connectivity index (χ4v) is 1.89. The van der Waals surface area contributed by atoms with Crippen LogP contribution >= 0.6 is 11.8 Å². The molecule has 0 atom stereocenters. The van der Waals surface area contributed by atoms with Crippen LogP contribution in [0.3, 0.4) is 0 Å². The van der Waals surface area contributed by atoms with Gasteiger partial charge in [-0.05, 0) is 0 Å². The molecule has 0 bridgehead atoms. The van der Waals surface area contributed by atoms with Gasteiger partial charge in [-0.2, -0.15) is 26.3 Å². The van der Waals surface area contributed by atoms with Gasteiger partial charge in [0.05, 0.1) is 6.67 Å². The van der Waals surface area contributed by atoms with E-state index in [1.54, 1.807) is 0 Å². The number of halogens is 7. The van der Waals surface area contributed by atoms with Crippen LogP contribution in [0, 0.1) is 0 Å². The monoisotopic (exact) mass is 314 g/mol. The van der Waals surface area contributed by atoms with Gasteiger partial charge in [0, 0.05) is 25.0 Å². The predicted molar refractivity (Wildman–Crippen MR) is 57.8 cm³/mol. The van der Waals surface area contributed by atoms with Gasteiger partial charge in [0.1, 0.15) is 0 Å². The molecule has 0 amide bonds. The zero-order chi connectivity index (χ0) is 15.3. The predicted octanol–water partition coefficient (Wildman–Crippen LogP) is 4.31. The summed E-state index contributed by atoms with van der Waals surface area (Å²) >= 11 is 0.372. The lowest BCUT2D eigenvalue weighted by molar-refractivity contribution is -0.311. The summed E-state index contributed by atoms with van der Waals surface area (Å²) in [6.07, 6.45) is -3.54. The van der Waals surface area contributed by atoms with Crippen LogP contribution in [0.4, 0.5) is 30.7 Å². The van der Waals surface area contributed by atoms with Crippen molar-refractivity contribution >= 4 is 16.9 Å². The lowest BCUT2D eigenvalue weighted by atomic mass is 10.0. The number of thioether (sulfide) groups is 1. The molecule has 0 aliphatic rings. The van der Waals surface area contributed by atoms with Gasteiger partial charge in [0.25, 0.3) is 0 Å². The van der Waals surface area contributed by atoms with E-state index in [1.165, 1.54) is 6.92 Å². The molecule has 0 fully saturated rings. The maximum absolute atomic E-state index is 13.1. The summed E-state index contributed by atoms with van der Waals surface area (Å²) in [5.41, 5.74) is 0. The molecule has 1 nitrogen and oxygen atoms in total. The molecule has 0 aliphatic heterocycles. The lowest BCUT2D eigenvalue weighted by Crippen LogP contribution is -2.54. The topological polar surface area (TPSA) is 17.1 Å². The highest BCUT2D eigenvalue weighted by Gasteiger charge is 2.70. The highest BCUT2D eigenvalue weighted by Crippen LogP contribution is 2.49. The van der Waals surface area contributed by atoms with Crippen molar-refractivity contribution in [3.8, 4) is 0 Å². The summed E-state index contributed by atoms with van der Waals surface area (Å²) in [5, 5.41) is -0.505. The van der Waals surface area contributed by atoms with E-state index < -0.39 is 48.2 Å². The van der Waals surface area contributed by atoms with Gasteiger partial charge < -0.3 is 0 Å². The van der Waals surface area contributed by atoms with Crippen molar-refractivity contribution in [1.82, 2.24) is 0 Å². The molecule has 0 saturated heterocycles. The number of alkyl halides is 7. The van der Waals surface area contributed by atoms with E-state index in [1.807, 2.05) is 0 Å². The first-order valence-corrected chi connectivity index (χ1v) is 6.35. The van der Waals surface area contributed by atoms with Crippen molar-refractivity contribution in [2.75, 3.05) is 12.4 Å². The average Bonchev–Trinajstić information content (AvgIpc) is 2.27. The third kappa shape index (κ3) is 4.54. The second-order valence-corrected chi connectivity index (χ2v) is 4.90. The van der Waals surface area contributed by atoms with Gasteiger partial charge in [-0.25, -0.2) is 0 Å². The second-order valence-electron chi connectivity index (χ2n) is 3.75. The molecule has 0 N–H and O–H groups in total. The Kier molecular flexibility index (Phi) is 6.64. The first-order chi connectivity index (χ1) is 8.52. The number of hydrogen-bond acceptors (Lipinski definition) is 2. The Morgan fingerprint density at radius 2 is 1.47 bits per heavy atom. The Hall–Kier alpha value is -0.470. The van der Waals surface area contributed by atoms with E-state index >= 15 is 0 Å². The summed E-state index contributed by atoms with van der Waals surface area (Å²) < 4.78 is 89.5. The molecule has 0 aromatic rings. The van der Waals surface area contributed by atoms with E-state index in [4.69, 9.17) is 0 Å². The largest absolute Gasteiger partial charge is 0.372 e. The molecule has 0 aromatic heterocycles. The normalized spacial score (nSPS) is 13.7. The van der Waals surface area contributed by atoms with E-state index in [0.29, 0.717) is 11.8 Å². The molecule has 0 rings (SSSR count). The third-order valence-electron chi connectivity index (χ3n) is 2.29. The first-order valence-electron chi connectivity index (χ1n) is 5.37. The van der Waals surface area contributed by atoms with Crippen molar-refractivity contribution in [1.29, 1.82) is 0 Å². The van der Waals surface area contributed by atoms with E-state index in [0.717, 1.165) is 0 Å². The Balaban J connectivity index is 4.72. The Morgan fingerprint density at radius 1 is 1.00 bits per heavy atom. The summed E-state index contributed by atoms with van der Waals surface area (Å²) in [4.78, 5) is 10.8. The standard InChI is InChI=1S/C10H13F7OS/c1-2-7(18)19-6-4-9(14,15)10(16,17)8(12,13)3-5-11/h2-6H2,1H3. The molecule has 114 valence electrons. The fraction of sp³-hybridized carbons (Fsp3) is 0.900. The van der Waals surface area contributed by atoms with Crippen LogP contribution in [-0.2, 0) is 4.79 Å². The van der Waals surface area contributed by atoms with Crippen LogP contribution in [0.1, 0.15) is 26.2 Å². The average molecular weight is 314 g/mol. The highest BCUT2D eigenvalue weighted by atomic mass is 32.2. The van der Waals surface area contributed by atoms with Crippen molar-refractivity contribution in [3.63, 3.8) is 0 Å². The maximum Gasteiger partial charge on any atom is 0.372 e. The highest BCUT2D eigenvalue weighted by molar-refractivity contribution is 8.13. The first kappa shape index (κ1) is 18.5. The van der Waals surface area contributed by atoms with Gasteiger partial charge >= 0.3 is 17.8 Å². The van der Waals surface area contributed by atoms with Crippen molar-refractivity contribution in [2.45, 2.75) is 44.0 Å². The van der Waals surface area contributed by atoms with Crippen molar-refractivity contribution in [2.24, 2.45) is 0 Å². The van der Waals surface area contributed by atoms with Gasteiger partial charge in [0.15, 0.2) is 5.12 Å².